The van der Waals surface area contributed by atoms with E-state index < -0.39 is 11.9 Å². The van der Waals surface area contributed by atoms with E-state index in [-0.39, 0.29) is 18.1 Å². The number of ether oxygens (including phenoxy) is 3. The lowest BCUT2D eigenvalue weighted by molar-refractivity contribution is -0.142. The van der Waals surface area contributed by atoms with Gasteiger partial charge in [0, 0.05) is 5.39 Å². The minimum atomic E-state index is -1.18. The molecular formula is C13H13NO6. The zero-order valence-corrected chi connectivity index (χ0v) is 10.9. The number of hydrogen-bond acceptors (Lipinski definition) is 5. The number of rotatable bonds is 5. The Labute approximate surface area is 114 Å². The van der Waals surface area contributed by atoms with Crippen molar-refractivity contribution >= 4 is 22.8 Å². The zero-order valence-electron chi connectivity index (χ0n) is 10.9. The molecular weight excluding hydrogens is 266 g/mol. The lowest BCUT2D eigenvalue weighted by atomic mass is 10.2. The third-order valence-corrected chi connectivity index (χ3v) is 2.73. The first-order valence-electron chi connectivity index (χ1n) is 5.69. The van der Waals surface area contributed by atoms with Gasteiger partial charge in [-0.05, 0) is 18.2 Å². The molecule has 7 nitrogen and oxygen atoms in total. The number of carboxylic acid groups (broad SMARTS) is 1. The van der Waals surface area contributed by atoms with E-state index in [4.69, 9.17) is 14.6 Å². The topological polar surface area (TPSA) is 97.9 Å². The summed E-state index contributed by atoms with van der Waals surface area (Å²) in [6, 6.07) is 4.99. The second kappa shape index (κ2) is 5.52. The highest BCUT2D eigenvalue weighted by Crippen LogP contribution is 2.32. The van der Waals surface area contributed by atoms with Crippen LogP contribution in [0.4, 0.5) is 0 Å². The van der Waals surface area contributed by atoms with E-state index in [9.17, 15) is 9.59 Å². The number of methoxy groups -OCH3 is 2. The first-order chi connectivity index (χ1) is 9.56. The Kier molecular flexibility index (Phi) is 3.79. The van der Waals surface area contributed by atoms with E-state index in [0.29, 0.717) is 16.7 Å². The molecule has 20 heavy (non-hydrogen) atoms. The molecule has 7 heteroatoms. The summed E-state index contributed by atoms with van der Waals surface area (Å²) in [6.45, 7) is -0.374. The van der Waals surface area contributed by atoms with Crippen molar-refractivity contribution in [3.63, 3.8) is 0 Å². The first kappa shape index (κ1) is 13.7. The fourth-order valence-corrected chi connectivity index (χ4v) is 1.76. The van der Waals surface area contributed by atoms with E-state index in [0.717, 1.165) is 0 Å². The van der Waals surface area contributed by atoms with E-state index in [1.54, 1.807) is 18.2 Å². The van der Waals surface area contributed by atoms with E-state index >= 15 is 0 Å². The number of benzene rings is 1. The highest BCUT2D eigenvalue weighted by Gasteiger charge is 2.20. The number of fused-ring (bicyclic) bond motifs is 1. The van der Waals surface area contributed by atoms with Crippen LogP contribution < -0.4 is 9.47 Å². The Hall–Kier alpha value is -2.70. The van der Waals surface area contributed by atoms with Crippen LogP contribution in [0.1, 0.15) is 10.5 Å². The molecule has 2 rings (SSSR count). The van der Waals surface area contributed by atoms with Gasteiger partial charge in [-0.3, -0.25) is 0 Å². The Balaban J connectivity index is 2.48. The third-order valence-electron chi connectivity index (χ3n) is 2.73. The number of hydrogen-bond donors (Lipinski definition) is 2. The maximum absolute atomic E-state index is 11.2. The summed E-state index contributed by atoms with van der Waals surface area (Å²) in [4.78, 5) is 25.0. The SMILES string of the molecule is COC(=O)COc1c(C(=O)O)[nH]c2ccc(OC)cc12. The van der Waals surface area contributed by atoms with Gasteiger partial charge in [0.25, 0.3) is 0 Å². The van der Waals surface area contributed by atoms with Gasteiger partial charge in [0.05, 0.1) is 19.7 Å². The van der Waals surface area contributed by atoms with Gasteiger partial charge in [-0.15, -0.1) is 0 Å². The summed E-state index contributed by atoms with van der Waals surface area (Å²) < 4.78 is 14.8. The number of carbonyl (C=O) groups excluding carboxylic acids is 1. The van der Waals surface area contributed by atoms with E-state index in [2.05, 4.69) is 9.72 Å². The molecule has 0 atom stereocenters. The molecule has 0 amide bonds. The predicted molar refractivity (Wildman–Crippen MR) is 69.3 cm³/mol. The van der Waals surface area contributed by atoms with Crippen molar-refractivity contribution in [1.82, 2.24) is 4.98 Å². The average Bonchev–Trinajstić information content (AvgIpc) is 2.82. The number of esters is 1. The van der Waals surface area contributed by atoms with Crippen molar-refractivity contribution in [3.05, 3.63) is 23.9 Å². The van der Waals surface area contributed by atoms with Gasteiger partial charge in [0.15, 0.2) is 18.1 Å². The fraction of sp³-hybridized carbons (Fsp3) is 0.231. The molecule has 2 aromatic rings. The van der Waals surface area contributed by atoms with Crippen LogP contribution in [0.3, 0.4) is 0 Å². The van der Waals surface area contributed by atoms with Crippen LogP contribution in [-0.2, 0) is 9.53 Å². The summed E-state index contributed by atoms with van der Waals surface area (Å²) in [5, 5.41) is 9.68. The summed E-state index contributed by atoms with van der Waals surface area (Å²) >= 11 is 0. The molecule has 0 saturated heterocycles. The van der Waals surface area contributed by atoms with Crippen LogP contribution in [0.15, 0.2) is 18.2 Å². The molecule has 1 aromatic heterocycles. The van der Waals surface area contributed by atoms with Gasteiger partial charge in [0.1, 0.15) is 5.75 Å². The maximum Gasteiger partial charge on any atom is 0.356 e. The summed E-state index contributed by atoms with van der Waals surface area (Å²) in [7, 11) is 2.73. The molecule has 106 valence electrons. The quantitative estimate of drug-likeness (QED) is 0.803. The minimum Gasteiger partial charge on any atom is -0.497 e. The van der Waals surface area contributed by atoms with Crippen LogP contribution >= 0.6 is 0 Å². The van der Waals surface area contributed by atoms with Crippen LogP contribution in [0.2, 0.25) is 0 Å². The molecule has 0 radical (unpaired) electrons. The van der Waals surface area contributed by atoms with Gasteiger partial charge < -0.3 is 24.3 Å². The van der Waals surface area contributed by atoms with Gasteiger partial charge >= 0.3 is 11.9 Å². The summed E-state index contributed by atoms with van der Waals surface area (Å²) in [5.41, 5.74) is 0.445. The Morgan fingerprint density at radius 2 is 2.05 bits per heavy atom. The summed E-state index contributed by atoms with van der Waals surface area (Å²) in [6.07, 6.45) is 0. The number of carboxylic acids is 1. The normalized spacial score (nSPS) is 10.3. The van der Waals surface area contributed by atoms with Crippen molar-refractivity contribution in [2.45, 2.75) is 0 Å². The lowest BCUT2D eigenvalue weighted by Crippen LogP contribution is -2.13. The van der Waals surface area contributed by atoms with Crippen molar-refractivity contribution in [3.8, 4) is 11.5 Å². The Morgan fingerprint density at radius 3 is 2.65 bits per heavy atom. The Morgan fingerprint density at radius 1 is 1.30 bits per heavy atom. The van der Waals surface area contributed by atoms with Crippen LogP contribution in [0.5, 0.6) is 11.5 Å². The molecule has 1 aromatic carbocycles. The Bertz CT molecular complexity index is 660. The molecule has 0 fully saturated rings. The molecule has 2 N–H and O–H groups in total. The van der Waals surface area contributed by atoms with E-state index in [1.807, 2.05) is 0 Å². The van der Waals surface area contributed by atoms with Crippen LogP contribution in [0.25, 0.3) is 10.9 Å². The second-order valence-corrected chi connectivity index (χ2v) is 3.91. The van der Waals surface area contributed by atoms with Gasteiger partial charge in [-0.1, -0.05) is 0 Å². The number of carbonyl (C=O) groups is 2. The highest BCUT2D eigenvalue weighted by molar-refractivity contribution is 6.00. The average molecular weight is 279 g/mol. The van der Waals surface area contributed by atoms with Crippen molar-refractivity contribution in [1.29, 1.82) is 0 Å². The summed E-state index contributed by atoms with van der Waals surface area (Å²) in [5.74, 6) is -1.15. The van der Waals surface area contributed by atoms with Gasteiger partial charge in [-0.2, -0.15) is 0 Å². The van der Waals surface area contributed by atoms with Crippen molar-refractivity contribution in [2.75, 3.05) is 20.8 Å². The standard InChI is InChI=1S/C13H13NO6/c1-18-7-3-4-9-8(5-7)12(11(14-9)13(16)17)20-6-10(15)19-2/h3-5,14H,6H2,1-2H3,(H,16,17). The zero-order chi connectivity index (χ0) is 14.7. The van der Waals surface area contributed by atoms with Gasteiger partial charge in [0.2, 0.25) is 0 Å². The molecule has 0 saturated carbocycles. The number of aromatic amines is 1. The highest BCUT2D eigenvalue weighted by atomic mass is 16.6. The monoisotopic (exact) mass is 279 g/mol. The number of aromatic carboxylic acids is 1. The molecule has 1 heterocycles. The number of H-pyrrole nitrogens is 1. The molecule has 0 spiro atoms. The number of aromatic nitrogens is 1. The van der Waals surface area contributed by atoms with Crippen LogP contribution in [-0.4, -0.2) is 42.9 Å². The third kappa shape index (κ3) is 2.51. The predicted octanol–water partition coefficient (Wildman–Crippen LogP) is 1.43. The molecule has 0 bridgehead atoms. The first-order valence-corrected chi connectivity index (χ1v) is 5.69. The smallest absolute Gasteiger partial charge is 0.356 e. The molecule has 0 aliphatic rings. The molecule has 0 aliphatic heterocycles. The van der Waals surface area contributed by atoms with Crippen molar-refractivity contribution < 1.29 is 28.9 Å². The lowest BCUT2D eigenvalue weighted by Gasteiger charge is -2.05. The minimum absolute atomic E-state index is 0.0804. The second-order valence-electron chi connectivity index (χ2n) is 3.91. The van der Waals surface area contributed by atoms with Gasteiger partial charge in [-0.25, -0.2) is 9.59 Å². The maximum atomic E-state index is 11.2. The fourth-order valence-electron chi connectivity index (χ4n) is 1.76. The number of nitrogens with one attached hydrogen (secondary N) is 1. The van der Waals surface area contributed by atoms with Crippen LogP contribution in [0, 0.1) is 0 Å². The molecule has 0 aliphatic carbocycles. The van der Waals surface area contributed by atoms with Crippen molar-refractivity contribution in [2.24, 2.45) is 0 Å². The van der Waals surface area contributed by atoms with E-state index in [1.165, 1.54) is 14.2 Å². The largest absolute Gasteiger partial charge is 0.497 e. The molecule has 0 unspecified atom stereocenters.